The third kappa shape index (κ3) is 1.80. The number of benzene rings is 1. The third-order valence-corrected chi connectivity index (χ3v) is 2.63. The number of rotatable bonds is 1. The minimum atomic E-state index is -0.475. The SMILES string of the molecule is COc1cc2c(cc1F)NC(=O)CCN2C. The fourth-order valence-corrected chi connectivity index (χ4v) is 1.72. The summed E-state index contributed by atoms with van der Waals surface area (Å²) in [6.45, 7) is 0.605. The Morgan fingerprint density at radius 1 is 1.50 bits per heavy atom. The van der Waals surface area contributed by atoms with Gasteiger partial charge in [0.1, 0.15) is 0 Å². The maximum absolute atomic E-state index is 13.5. The second-order valence-corrected chi connectivity index (χ2v) is 3.72. The smallest absolute Gasteiger partial charge is 0.226 e. The summed E-state index contributed by atoms with van der Waals surface area (Å²) in [5, 5.41) is 2.67. The largest absolute Gasteiger partial charge is 0.494 e. The molecule has 86 valence electrons. The second kappa shape index (κ2) is 4.00. The van der Waals surface area contributed by atoms with Crippen LogP contribution in [0.5, 0.6) is 5.75 Å². The van der Waals surface area contributed by atoms with Crippen LogP contribution in [0, 0.1) is 5.82 Å². The molecule has 1 aliphatic rings. The fourth-order valence-electron chi connectivity index (χ4n) is 1.72. The highest BCUT2D eigenvalue weighted by atomic mass is 19.1. The maximum Gasteiger partial charge on any atom is 0.226 e. The van der Waals surface area contributed by atoms with Crippen molar-refractivity contribution in [1.29, 1.82) is 0 Å². The minimum Gasteiger partial charge on any atom is -0.494 e. The Labute approximate surface area is 93.0 Å². The Hall–Kier alpha value is -1.78. The number of halogens is 1. The van der Waals surface area contributed by atoms with Crippen LogP contribution >= 0.6 is 0 Å². The molecule has 1 aliphatic heterocycles. The highest BCUT2D eigenvalue weighted by Crippen LogP contribution is 2.33. The predicted molar refractivity (Wildman–Crippen MR) is 59.5 cm³/mol. The molecule has 1 N–H and O–H groups in total. The molecule has 1 heterocycles. The Morgan fingerprint density at radius 3 is 2.94 bits per heavy atom. The first-order valence-electron chi connectivity index (χ1n) is 5.00. The summed E-state index contributed by atoms with van der Waals surface area (Å²) in [5.74, 6) is -0.395. The first-order valence-corrected chi connectivity index (χ1v) is 5.00. The zero-order chi connectivity index (χ0) is 11.7. The van der Waals surface area contributed by atoms with Gasteiger partial charge in [-0.25, -0.2) is 4.39 Å². The second-order valence-electron chi connectivity index (χ2n) is 3.72. The maximum atomic E-state index is 13.5. The molecule has 16 heavy (non-hydrogen) atoms. The monoisotopic (exact) mass is 224 g/mol. The number of ether oxygens (including phenoxy) is 1. The van der Waals surface area contributed by atoms with Crippen molar-refractivity contribution >= 4 is 17.3 Å². The summed E-state index contributed by atoms with van der Waals surface area (Å²) in [5.41, 5.74) is 1.26. The minimum absolute atomic E-state index is 0.102. The molecule has 0 spiro atoms. The number of carbonyl (C=O) groups excluding carboxylic acids is 1. The van der Waals surface area contributed by atoms with Gasteiger partial charge in [-0.15, -0.1) is 0 Å². The van der Waals surface area contributed by atoms with Crippen LogP contribution in [0.4, 0.5) is 15.8 Å². The lowest BCUT2D eigenvalue weighted by Crippen LogP contribution is -2.18. The Morgan fingerprint density at radius 2 is 2.25 bits per heavy atom. The lowest BCUT2D eigenvalue weighted by atomic mass is 10.2. The molecule has 0 atom stereocenters. The molecule has 0 saturated heterocycles. The van der Waals surface area contributed by atoms with Gasteiger partial charge in [0.2, 0.25) is 5.91 Å². The number of methoxy groups -OCH3 is 1. The van der Waals surface area contributed by atoms with Gasteiger partial charge in [0.05, 0.1) is 18.5 Å². The van der Waals surface area contributed by atoms with Crippen molar-refractivity contribution in [1.82, 2.24) is 0 Å². The van der Waals surface area contributed by atoms with E-state index in [0.29, 0.717) is 18.7 Å². The molecule has 5 heteroatoms. The van der Waals surface area contributed by atoms with Crippen LogP contribution in [-0.4, -0.2) is 26.6 Å². The molecule has 1 aromatic carbocycles. The van der Waals surface area contributed by atoms with Crippen LogP contribution in [0.3, 0.4) is 0 Å². The molecule has 0 bridgehead atoms. The van der Waals surface area contributed by atoms with Gasteiger partial charge in [-0.3, -0.25) is 4.79 Å². The van der Waals surface area contributed by atoms with E-state index in [2.05, 4.69) is 5.32 Å². The van der Waals surface area contributed by atoms with Crippen molar-refractivity contribution in [2.75, 3.05) is 30.9 Å². The molecule has 4 nitrogen and oxygen atoms in total. The average Bonchev–Trinajstić information content (AvgIpc) is 2.38. The van der Waals surface area contributed by atoms with E-state index in [-0.39, 0.29) is 11.7 Å². The summed E-state index contributed by atoms with van der Waals surface area (Å²) in [6, 6.07) is 2.88. The summed E-state index contributed by atoms with van der Waals surface area (Å²) in [6.07, 6.45) is 0.398. The average molecular weight is 224 g/mol. The molecular weight excluding hydrogens is 211 g/mol. The van der Waals surface area contributed by atoms with Gasteiger partial charge in [0.25, 0.3) is 0 Å². The highest BCUT2D eigenvalue weighted by Gasteiger charge is 2.19. The number of hydrogen-bond donors (Lipinski definition) is 1. The number of carbonyl (C=O) groups is 1. The van der Waals surface area contributed by atoms with E-state index >= 15 is 0 Å². The van der Waals surface area contributed by atoms with Crippen LogP contribution in [0.1, 0.15) is 6.42 Å². The van der Waals surface area contributed by atoms with Gasteiger partial charge in [0, 0.05) is 32.1 Å². The Bertz CT molecular complexity index is 434. The number of fused-ring (bicyclic) bond motifs is 1. The van der Waals surface area contributed by atoms with Crippen LogP contribution in [0.15, 0.2) is 12.1 Å². The first kappa shape index (κ1) is 10.7. The van der Waals surface area contributed by atoms with E-state index in [4.69, 9.17) is 4.74 Å². The third-order valence-electron chi connectivity index (χ3n) is 2.63. The van der Waals surface area contributed by atoms with E-state index < -0.39 is 5.82 Å². The molecule has 1 amide bonds. The number of amides is 1. The molecule has 0 fully saturated rings. The standard InChI is InChI=1S/C11H13FN2O2/c1-14-4-3-11(15)13-8-5-7(12)10(16-2)6-9(8)14/h5-6H,3-4H2,1-2H3,(H,13,15). The van der Waals surface area contributed by atoms with Crippen LogP contribution in [0.25, 0.3) is 0 Å². The summed E-state index contributed by atoms with van der Waals surface area (Å²) < 4.78 is 18.4. The van der Waals surface area contributed by atoms with Gasteiger partial charge < -0.3 is 15.0 Å². The molecule has 0 saturated carbocycles. The molecule has 0 aliphatic carbocycles. The van der Waals surface area contributed by atoms with E-state index in [1.807, 2.05) is 11.9 Å². The molecule has 0 aromatic heterocycles. The van der Waals surface area contributed by atoms with E-state index in [0.717, 1.165) is 5.69 Å². The van der Waals surface area contributed by atoms with E-state index in [9.17, 15) is 9.18 Å². The zero-order valence-corrected chi connectivity index (χ0v) is 9.21. The molecular formula is C11H13FN2O2. The van der Waals surface area contributed by atoms with E-state index in [1.54, 1.807) is 6.07 Å². The Balaban J connectivity index is 2.51. The van der Waals surface area contributed by atoms with Crippen LogP contribution in [0.2, 0.25) is 0 Å². The molecule has 1 aromatic rings. The van der Waals surface area contributed by atoms with Crippen molar-refractivity contribution in [3.8, 4) is 5.75 Å². The van der Waals surface area contributed by atoms with Crippen molar-refractivity contribution < 1.29 is 13.9 Å². The Kier molecular flexibility index (Phi) is 2.68. The molecule has 0 radical (unpaired) electrons. The lowest BCUT2D eigenvalue weighted by Gasteiger charge is -2.19. The quantitative estimate of drug-likeness (QED) is 0.788. The summed E-state index contributed by atoms with van der Waals surface area (Å²) in [7, 11) is 3.27. The normalized spacial score (nSPS) is 15.2. The topological polar surface area (TPSA) is 41.6 Å². The lowest BCUT2D eigenvalue weighted by molar-refractivity contribution is -0.115. The zero-order valence-electron chi connectivity index (χ0n) is 9.21. The summed E-state index contributed by atoms with van der Waals surface area (Å²) >= 11 is 0. The first-order chi connectivity index (χ1) is 7.61. The highest BCUT2D eigenvalue weighted by molar-refractivity contribution is 5.96. The number of nitrogens with zero attached hydrogens (tertiary/aromatic N) is 1. The molecule has 0 unspecified atom stereocenters. The summed E-state index contributed by atoms with van der Waals surface area (Å²) in [4.78, 5) is 13.3. The van der Waals surface area contributed by atoms with Gasteiger partial charge in [-0.2, -0.15) is 0 Å². The van der Waals surface area contributed by atoms with Crippen LogP contribution < -0.4 is 15.0 Å². The van der Waals surface area contributed by atoms with Gasteiger partial charge in [-0.1, -0.05) is 0 Å². The molecule has 2 rings (SSSR count). The predicted octanol–water partition coefficient (Wildman–Crippen LogP) is 1.61. The fraction of sp³-hybridized carbons (Fsp3) is 0.364. The van der Waals surface area contributed by atoms with Crippen LogP contribution in [-0.2, 0) is 4.79 Å². The van der Waals surface area contributed by atoms with Gasteiger partial charge in [0.15, 0.2) is 11.6 Å². The van der Waals surface area contributed by atoms with Crippen molar-refractivity contribution in [3.63, 3.8) is 0 Å². The number of anilines is 2. The van der Waals surface area contributed by atoms with Crippen molar-refractivity contribution in [2.45, 2.75) is 6.42 Å². The van der Waals surface area contributed by atoms with Crippen molar-refractivity contribution in [2.24, 2.45) is 0 Å². The van der Waals surface area contributed by atoms with Gasteiger partial charge >= 0.3 is 0 Å². The number of hydrogen-bond acceptors (Lipinski definition) is 3. The van der Waals surface area contributed by atoms with E-state index in [1.165, 1.54) is 13.2 Å². The number of nitrogens with one attached hydrogen (secondary N) is 1. The van der Waals surface area contributed by atoms with Gasteiger partial charge in [-0.05, 0) is 0 Å². The van der Waals surface area contributed by atoms with Crippen molar-refractivity contribution in [3.05, 3.63) is 17.9 Å².